The van der Waals surface area contributed by atoms with E-state index in [1.165, 1.54) is 0 Å². The summed E-state index contributed by atoms with van der Waals surface area (Å²) >= 11 is 0. The van der Waals surface area contributed by atoms with Gasteiger partial charge in [0, 0.05) is 43.9 Å². The number of aliphatic hydroxyl groups is 1. The van der Waals surface area contributed by atoms with Crippen LogP contribution >= 0.6 is 0 Å². The van der Waals surface area contributed by atoms with Crippen molar-refractivity contribution in [1.29, 1.82) is 0 Å². The average molecular weight is 539 g/mol. The second kappa shape index (κ2) is 12.0. The van der Waals surface area contributed by atoms with Crippen LogP contribution in [0.25, 0.3) is 22.4 Å². The third kappa shape index (κ3) is 6.24. The van der Waals surface area contributed by atoms with Crippen molar-refractivity contribution < 1.29 is 24.1 Å². The number of fused-ring (bicyclic) bond motifs is 1. The summed E-state index contributed by atoms with van der Waals surface area (Å²) in [5, 5.41) is 13.5. The van der Waals surface area contributed by atoms with Crippen molar-refractivity contribution in [3.05, 3.63) is 51.9 Å². The third-order valence-electron chi connectivity index (χ3n) is 7.53. The molecule has 2 aliphatic rings. The molecule has 0 saturated carbocycles. The van der Waals surface area contributed by atoms with Gasteiger partial charge < -0.3 is 28.5 Å². The minimum absolute atomic E-state index is 0.0305. The SMILES string of the molecule is Cc1cc(-c2nc3ccc(CN[C@H](C(=O)OC4CCOC4)[C@@H](C)O)cc3n2C[C@H]2CCCCO2)cn(C)c1=O. The normalized spacial score (nSPS) is 21.2. The van der Waals surface area contributed by atoms with Crippen LogP contribution in [0.4, 0.5) is 0 Å². The van der Waals surface area contributed by atoms with Crippen LogP contribution in [0.1, 0.15) is 43.7 Å². The fraction of sp³-hybridized carbons (Fsp3) is 0.552. The van der Waals surface area contributed by atoms with E-state index >= 15 is 0 Å². The van der Waals surface area contributed by atoms with Crippen LogP contribution in [-0.2, 0) is 39.1 Å². The third-order valence-corrected chi connectivity index (χ3v) is 7.53. The maximum atomic E-state index is 12.7. The number of carbonyl (C=O) groups excluding carboxylic acids is 1. The molecule has 2 aromatic heterocycles. The van der Waals surface area contributed by atoms with E-state index in [-0.39, 0.29) is 17.8 Å². The van der Waals surface area contributed by atoms with Gasteiger partial charge in [-0.2, -0.15) is 0 Å². The Bertz CT molecular complexity index is 1340. The Labute approximate surface area is 227 Å². The fourth-order valence-electron chi connectivity index (χ4n) is 5.36. The van der Waals surface area contributed by atoms with Crippen LogP contribution in [0.2, 0.25) is 0 Å². The summed E-state index contributed by atoms with van der Waals surface area (Å²) < 4.78 is 20.7. The maximum absolute atomic E-state index is 12.7. The number of aromatic nitrogens is 3. The summed E-state index contributed by atoms with van der Waals surface area (Å²) in [6, 6.07) is 7.03. The molecular formula is C29H38N4O6. The number of aryl methyl sites for hydroxylation is 2. The first-order valence-corrected chi connectivity index (χ1v) is 13.8. The molecule has 0 aliphatic carbocycles. The lowest BCUT2D eigenvalue weighted by molar-refractivity contribution is -0.154. The van der Waals surface area contributed by atoms with Crippen molar-refractivity contribution in [3.8, 4) is 11.4 Å². The molecule has 10 heteroatoms. The number of benzene rings is 1. The number of ether oxygens (including phenoxy) is 3. The summed E-state index contributed by atoms with van der Waals surface area (Å²) in [6.07, 6.45) is 4.57. The first-order chi connectivity index (χ1) is 18.8. The Balaban J connectivity index is 1.43. The molecule has 39 heavy (non-hydrogen) atoms. The molecule has 10 nitrogen and oxygen atoms in total. The Hall–Kier alpha value is -3.05. The highest BCUT2D eigenvalue weighted by Crippen LogP contribution is 2.28. The molecule has 0 spiro atoms. The molecule has 0 amide bonds. The van der Waals surface area contributed by atoms with E-state index in [0.717, 1.165) is 53.9 Å². The fourth-order valence-corrected chi connectivity index (χ4v) is 5.36. The molecular weight excluding hydrogens is 500 g/mol. The summed E-state index contributed by atoms with van der Waals surface area (Å²) in [5.74, 6) is 0.306. The standard InChI is InChI=1S/C29H38N4O6/c1-18-12-21(15-32(3)28(18)35)27-31-24-8-7-20(13-25(24)33(27)16-22-6-4-5-10-38-22)14-30-26(19(2)34)29(36)39-23-9-11-37-17-23/h7-8,12-13,15,19,22-23,26,30,34H,4-6,9-11,14,16-17H2,1-3H3/t19-,22-,23?,26+/m1/s1. The topological polar surface area (TPSA) is 117 Å². The lowest BCUT2D eigenvalue weighted by Crippen LogP contribution is -2.46. The van der Waals surface area contributed by atoms with E-state index in [0.29, 0.717) is 38.3 Å². The first kappa shape index (κ1) is 27.5. The summed E-state index contributed by atoms with van der Waals surface area (Å²) in [5.41, 5.74) is 4.23. The number of hydrogen-bond donors (Lipinski definition) is 2. The van der Waals surface area contributed by atoms with Gasteiger partial charge in [-0.05, 0) is 56.9 Å². The van der Waals surface area contributed by atoms with E-state index in [1.807, 2.05) is 31.3 Å². The molecule has 2 fully saturated rings. The van der Waals surface area contributed by atoms with Crippen molar-refractivity contribution in [3.63, 3.8) is 0 Å². The van der Waals surface area contributed by atoms with Crippen molar-refractivity contribution in [2.24, 2.45) is 7.05 Å². The van der Waals surface area contributed by atoms with E-state index in [2.05, 4.69) is 16.0 Å². The number of rotatable bonds is 9. The van der Waals surface area contributed by atoms with Gasteiger partial charge in [-0.1, -0.05) is 6.07 Å². The predicted octanol–water partition coefficient (Wildman–Crippen LogP) is 2.45. The number of nitrogens with one attached hydrogen (secondary N) is 1. The largest absolute Gasteiger partial charge is 0.459 e. The minimum atomic E-state index is -0.919. The highest BCUT2D eigenvalue weighted by atomic mass is 16.6. The van der Waals surface area contributed by atoms with Crippen LogP contribution in [-0.4, -0.2) is 69.4 Å². The second-order valence-corrected chi connectivity index (χ2v) is 10.7. The van der Waals surface area contributed by atoms with E-state index in [1.54, 1.807) is 18.5 Å². The Kier molecular flexibility index (Phi) is 8.46. The Morgan fingerprint density at radius 2 is 2.10 bits per heavy atom. The quantitative estimate of drug-likeness (QED) is 0.399. The van der Waals surface area contributed by atoms with Gasteiger partial charge in [0.25, 0.3) is 5.56 Å². The monoisotopic (exact) mass is 538 g/mol. The van der Waals surface area contributed by atoms with E-state index < -0.39 is 18.1 Å². The first-order valence-electron chi connectivity index (χ1n) is 13.8. The molecule has 2 saturated heterocycles. The number of nitrogens with zero attached hydrogens (tertiary/aromatic N) is 3. The van der Waals surface area contributed by atoms with Gasteiger partial charge in [0.15, 0.2) is 0 Å². The number of carbonyl (C=O) groups is 1. The summed E-state index contributed by atoms with van der Waals surface area (Å²) in [6.45, 7) is 6.12. The van der Waals surface area contributed by atoms with Crippen molar-refractivity contribution in [2.45, 2.75) is 77.0 Å². The van der Waals surface area contributed by atoms with Crippen molar-refractivity contribution in [2.75, 3.05) is 19.8 Å². The molecule has 0 bridgehead atoms. The molecule has 4 heterocycles. The zero-order chi connectivity index (χ0) is 27.5. The van der Waals surface area contributed by atoms with Crippen molar-refractivity contribution >= 4 is 17.0 Å². The molecule has 4 atom stereocenters. The van der Waals surface area contributed by atoms with Crippen molar-refractivity contribution in [1.82, 2.24) is 19.4 Å². The van der Waals surface area contributed by atoms with Crippen LogP contribution in [0.5, 0.6) is 0 Å². The van der Waals surface area contributed by atoms with Gasteiger partial charge in [0.05, 0.1) is 43.0 Å². The number of esters is 1. The van der Waals surface area contributed by atoms with Gasteiger partial charge in [0.1, 0.15) is 18.0 Å². The number of imidazole rings is 1. The molecule has 5 rings (SSSR count). The number of hydrogen-bond acceptors (Lipinski definition) is 8. The average Bonchev–Trinajstić information content (AvgIpc) is 3.55. The molecule has 1 aromatic carbocycles. The zero-order valence-electron chi connectivity index (χ0n) is 22.9. The molecule has 210 valence electrons. The Morgan fingerprint density at radius 3 is 2.79 bits per heavy atom. The highest BCUT2D eigenvalue weighted by Gasteiger charge is 2.29. The molecule has 3 aromatic rings. The zero-order valence-corrected chi connectivity index (χ0v) is 22.9. The minimum Gasteiger partial charge on any atom is -0.459 e. The van der Waals surface area contributed by atoms with Gasteiger partial charge in [0.2, 0.25) is 0 Å². The summed E-state index contributed by atoms with van der Waals surface area (Å²) in [4.78, 5) is 30.0. The number of aliphatic hydroxyl groups excluding tert-OH is 1. The smallest absolute Gasteiger partial charge is 0.326 e. The lowest BCUT2D eigenvalue weighted by atomic mass is 10.1. The molecule has 2 N–H and O–H groups in total. The Morgan fingerprint density at radius 1 is 1.26 bits per heavy atom. The lowest BCUT2D eigenvalue weighted by Gasteiger charge is -2.24. The van der Waals surface area contributed by atoms with Crippen LogP contribution < -0.4 is 10.9 Å². The predicted molar refractivity (Wildman–Crippen MR) is 146 cm³/mol. The van der Waals surface area contributed by atoms with E-state index in [9.17, 15) is 14.7 Å². The number of pyridine rings is 1. The van der Waals surface area contributed by atoms with Gasteiger partial charge >= 0.3 is 5.97 Å². The van der Waals surface area contributed by atoms with Crippen LogP contribution in [0, 0.1) is 6.92 Å². The van der Waals surface area contributed by atoms with Crippen LogP contribution in [0.3, 0.4) is 0 Å². The summed E-state index contributed by atoms with van der Waals surface area (Å²) in [7, 11) is 1.75. The molecule has 0 radical (unpaired) electrons. The van der Waals surface area contributed by atoms with E-state index in [4.69, 9.17) is 19.2 Å². The molecule has 2 aliphatic heterocycles. The van der Waals surface area contributed by atoms with Gasteiger partial charge in [-0.3, -0.25) is 14.9 Å². The van der Waals surface area contributed by atoms with Gasteiger partial charge in [-0.15, -0.1) is 0 Å². The maximum Gasteiger partial charge on any atom is 0.326 e. The van der Waals surface area contributed by atoms with Gasteiger partial charge in [-0.25, -0.2) is 4.98 Å². The van der Waals surface area contributed by atoms with Crippen LogP contribution in [0.15, 0.2) is 35.3 Å². The second-order valence-electron chi connectivity index (χ2n) is 10.7. The highest BCUT2D eigenvalue weighted by molar-refractivity contribution is 5.81. The molecule has 1 unspecified atom stereocenters.